The first kappa shape index (κ1) is 14.2. The topological polar surface area (TPSA) is 112 Å². The molecule has 0 bridgehead atoms. The molecule has 0 aliphatic heterocycles. The first-order valence-electron chi connectivity index (χ1n) is 5.79. The molecule has 1 aromatic carbocycles. The Morgan fingerprint density at radius 2 is 2.00 bits per heavy atom. The molecular weight excluding hydrogens is 282 g/mol. The van der Waals surface area contributed by atoms with Gasteiger partial charge < -0.3 is 10.1 Å². The highest BCUT2D eigenvalue weighted by Crippen LogP contribution is 2.06. The van der Waals surface area contributed by atoms with Gasteiger partial charge in [-0.1, -0.05) is 12.1 Å². The molecule has 106 valence electrons. The molecule has 7 nitrogen and oxygen atoms in total. The number of aromatic amines is 1. The molecule has 0 saturated carbocycles. The first-order valence-corrected chi connectivity index (χ1v) is 7.27. The molecule has 0 saturated heterocycles. The van der Waals surface area contributed by atoms with Crippen LogP contribution in [0, 0.1) is 0 Å². The smallest absolute Gasteiger partial charge is 0.335 e. The summed E-state index contributed by atoms with van der Waals surface area (Å²) in [4.78, 5) is 16.9. The van der Waals surface area contributed by atoms with Crippen LogP contribution in [0.25, 0.3) is 0 Å². The number of nitrogens with one attached hydrogen (secondary N) is 2. The highest BCUT2D eigenvalue weighted by molar-refractivity contribution is 7.89. The Bertz CT molecular complexity index is 678. The van der Waals surface area contributed by atoms with Gasteiger partial charge in [-0.3, -0.25) is 0 Å². The van der Waals surface area contributed by atoms with E-state index in [-0.39, 0.29) is 17.1 Å². The van der Waals surface area contributed by atoms with Crippen molar-refractivity contribution in [1.82, 2.24) is 14.7 Å². The third-order valence-corrected chi connectivity index (χ3v) is 4.06. The van der Waals surface area contributed by atoms with E-state index in [2.05, 4.69) is 14.7 Å². The normalized spacial score (nSPS) is 11.4. The minimum absolute atomic E-state index is 0.0127. The van der Waals surface area contributed by atoms with Gasteiger partial charge >= 0.3 is 5.97 Å². The summed E-state index contributed by atoms with van der Waals surface area (Å²) in [5, 5.41) is 8.78. The molecule has 0 aliphatic rings. The second kappa shape index (κ2) is 5.85. The molecular formula is C12H13N3O4S. The van der Waals surface area contributed by atoms with Gasteiger partial charge in [-0.2, -0.15) is 0 Å². The number of carboxylic acid groups (broad SMARTS) is 1. The molecule has 0 spiro atoms. The number of rotatable bonds is 6. The molecule has 8 heteroatoms. The van der Waals surface area contributed by atoms with Gasteiger partial charge in [-0.15, -0.1) is 0 Å². The molecule has 0 amide bonds. The van der Waals surface area contributed by atoms with Crippen molar-refractivity contribution in [3.63, 3.8) is 0 Å². The Kier molecular flexibility index (Phi) is 4.16. The summed E-state index contributed by atoms with van der Waals surface area (Å²) in [7, 11) is -3.57. The van der Waals surface area contributed by atoms with Crippen molar-refractivity contribution in [2.45, 2.75) is 11.4 Å². The van der Waals surface area contributed by atoms with Gasteiger partial charge in [0.2, 0.25) is 0 Å². The summed E-state index contributed by atoms with van der Waals surface area (Å²) in [5.41, 5.74) is 1.05. The molecule has 20 heavy (non-hydrogen) atoms. The number of carbonyl (C=O) groups is 1. The lowest BCUT2D eigenvalue weighted by atomic mass is 10.1. The van der Waals surface area contributed by atoms with Gasteiger partial charge in [0, 0.05) is 6.54 Å². The molecule has 0 unspecified atom stereocenters. The number of aromatic nitrogens is 2. The number of H-pyrrole nitrogens is 1. The van der Waals surface area contributed by atoms with Crippen molar-refractivity contribution >= 4 is 16.0 Å². The Morgan fingerprint density at radius 1 is 1.30 bits per heavy atom. The van der Waals surface area contributed by atoms with Crippen LogP contribution in [-0.4, -0.2) is 36.0 Å². The van der Waals surface area contributed by atoms with Crippen LogP contribution in [0.2, 0.25) is 0 Å². The second-order valence-electron chi connectivity index (χ2n) is 4.07. The minimum Gasteiger partial charge on any atom is -0.478 e. The maximum absolute atomic E-state index is 11.8. The van der Waals surface area contributed by atoms with Crippen LogP contribution in [0.5, 0.6) is 0 Å². The Hall–Kier alpha value is -2.19. The molecule has 1 aromatic heterocycles. The van der Waals surface area contributed by atoms with E-state index in [1.165, 1.54) is 24.7 Å². The molecule has 0 aliphatic carbocycles. The van der Waals surface area contributed by atoms with Crippen molar-refractivity contribution < 1.29 is 18.3 Å². The van der Waals surface area contributed by atoms with Crippen LogP contribution < -0.4 is 4.72 Å². The SMILES string of the molecule is O=C(O)c1ccc(CCNS(=O)(=O)c2cnc[nH]2)cc1. The van der Waals surface area contributed by atoms with Gasteiger partial charge in [0.15, 0.2) is 5.03 Å². The van der Waals surface area contributed by atoms with Crippen molar-refractivity contribution in [3.05, 3.63) is 47.9 Å². The molecule has 0 atom stereocenters. The third kappa shape index (κ3) is 3.43. The highest BCUT2D eigenvalue weighted by Gasteiger charge is 2.14. The van der Waals surface area contributed by atoms with Crippen LogP contribution >= 0.6 is 0 Å². The van der Waals surface area contributed by atoms with Gasteiger partial charge in [0.1, 0.15) is 0 Å². The molecule has 0 radical (unpaired) electrons. The third-order valence-electron chi connectivity index (χ3n) is 2.67. The predicted molar refractivity (Wildman–Crippen MR) is 70.9 cm³/mol. The van der Waals surface area contributed by atoms with E-state index in [0.29, 0.717) is 6.42 Å². The van der Waals surface area contributed by atoms with Crippen molar-refractivity contribution in [2.24, 2.45) is 0 Å². The summed E-state index contributed by atoms with van der Waals surface area (Å²) in [6.07, 6.45) is 2.98. The lowest BCUT2D eigenvalue weighted by molar-refractivity contribution is 0.0697. The number of imidazole rings is 1. The van der Waals surface area contributed by atoms with E-state index in [1.807, 2.05) is 0 Å². The number of carboxylic acids is 1. The van der Waals surface area contributed by atoms with Gasteiger partial charge in [0.25, 0.3) is 10.0 Å². The van der Waals surface area contributed by atoms with Crippen LogP contribution in [0.15, 0.2) is 41.8 Å². The average Bonchev–Trinajstić information content (AvgIpc) is 2.94. The summed E-state index contributed by atoms with van der Waals surface area (Å²) < 4.78 is 26.0. The van der Waals surface area contributed by atoms with Crippen molar-refractivity contribution in [2.75, 3.05) is 6.54 Å². The van der Waals surface area contributed by atoms with Gasteiger partial charge in [0.05, 0.1) is 18.1 Å². The lowest BCUT2D eigenvalue weighted by Gasteiger charge is -2.05. The van der Waals surface area contributed by atoms with Crippen molar-refractivity contribution in [1.29, 1.82) is 0 Å². The Morgan fingerprint density at radius 3 is 2.55 bits per heavy atom. The van der Waals surface area contributed by atoms with E-state index in [0.717, 1.165) is 5.56 Å². The quantitative estimate of drug-likeness (QED) is 0.723. The molecule has 0 fully saturated rings. The van der Waals surface area contributed by atoms with E-state index in [1.54, 1.807) is 12.1 Å². The first-order chi connectivity index (χ1) is 9.49. The zero-order valence-corrected chi connectivity index (χ0v) is 11.2. The van der Waals surface area contributed by atoms with Gasteiger partial charge in [-0.05, 0) is 24.1 Å². The molecule has 1 heterocycles. The standard InChI is InChI=1S/C12H13N3O4S/c16-12(17)10-3-1-9(2-4-10)5-6-15-20(18,19)11-7-13-8-14-11/h1-4,7-8,15H,5-6H2,(H,13,14)(H,16,17). The van der Waals surface area contributed by atoms with E-state index >= 15 is 0 Å². The fraction of sp³-hybridized carbons (Fsp3) is 0.167. The van der Waals surface area contributed by atoms with E-state index in [4.69, 9.17) is 5.11 Å². The predicted octanol–water partition coefficient (Wildman–Crippen LogP) is 0.629. The van der Waals surface area contributed by atoms with Crippen LogP contribution in [0.4, 0.5) is 0 Å². The zero-order chi connectivity index (χ0) is 14.6. The minimum atomic E-state index is -3.57. The number of sulfonamides is 1. The summed E-state index contributed by atoms with van der Waals surface area (Å²) in [5.74, 6) is -0.989. The van der Waals surface area contributed by atoms with Gasteiger partial charge in [-0.25, -0.2) is 22.9 Å². The van der Waals surface area contributed by atoms with Crippen LogP contribution in [-0.2, 0) is 16.4 Å². The monoisotopic (exact) mass is 295 g/mol. The summed E-state index contributed by atoms with van der Waals surface area (Å²) in [6.45, 7) is 0.216. The van der Waals surface area contributed by atoms with Crippen molar-refractivity contribution in [3.8, 4) is 0 Å². The summed E-state index contributed by atoms with van der Waals surface area (Å²) >= 11 is 0. The van der Waals surface area contributed by atoms with E-state index < -0.39 is 16.0 Å². The Balaban J connectivity index is 1.92. The van der Waals surface area contributed by atoms with Crippen LogP contribution in [0.3, 0.4) is 0 Å². The highest BCUT2D eigenvalue weighted by atomic mass is 32.2. The molecule has 2 rings (SSSR count). The fourth-order valence-corrected chi connectivity index (χ4v) is 2.55. The average molecular weight is 295 g/mol. The fourth-order valence-electron chi connectivity index (χ4n) is 1.61. The number of hydrogen-bond donors (Lipinski definition) is 3. The Labute approximate surface area is 115 Å². The lowest BCUT2D eigenvalue weighted by Crippen LogP contribution is -2.26. The largest absolute Gasteiger partial charge is 0.478 e. The van der Waals surface area contributed by atoms with E-state index in [9.17, 15) is 13.2 Å². The number of nitrogens with zero attached hydrogens (tertiary/aromatic N) is 1. The number of benzene rings is 1. The zero-order valence-electron chi connectivity index (χ0n) is 10.4. The number of hydrogen-bond acceptors (Lipinski definition) is 4. The maximum atomic E-state index is 11.8. The van der Waals surface area contributed by atoms with Crippen LogP contribution in [0.1, 0.15) is 15.9 Å². The second-order valence-corrected chi connectivity index (χ2v) is 5.80. The molecule has 3 N–H and O–H groups in total. The number of aromatic carboxylic acids is 1. The molecule has 2 aromatic rings. The maximum Gasteiger partial charge on any atom is 0.335 e. The summed E-state index contributed by atoms with van der Waals surface area (Å²) in [6, 6.07) is 6.30.